The molecule has 1 aromatic rings. The van der Waals surface area contributed by atoms with Crippen LogP contribution in [-0.2, 0) is 14.3 Å². The maximum absolute atomic E-state index is 12.3. The van der Waals surface area contributed by atoms with Gasteiger partial charge in [-0.2, -0.15) is 0 Å². The molecule has 0 spiro atoms. The van der Waals surface area contributed by atoms with E-state index in [0.717, 1.165) is 19.3 Å². The van der Waals surface area contributed by atoms with Crippen LogP contribution in [0.4, 0.5) is 5.69 Å². The third-order valence-corrected chi connectivity index (χ3v) is 5.22. The van der Waals surface area contributed by atoms with E-state index in [9.17, 15) is 19.7 Å². The first kappa shape index (κ1) is 26.5. The van der Waals surface area contributed by atoms with Gasteiger partial charge in [-0.05, 0) is 25.0 Å². The minimum atomic E-state index is -0.679. The third-order valence-electron chi connectivity index (χ3n) is 5.22. The van der Waals surface area contributed by atoms with Crippen molar-refractivity contribution in [1.82, 2.24) is 0 Å². The molecule has 6 nitrogen and oxygen atoms in total. The zero-order valence-electron chi connectivity index (χ0n) is 19.1. The third kappa shape index (κ3) is 12.1. The Labute approximate surface area is 186 Å². The maximum atomic E-state index is 12.3. The molecule has 1 aromatic carbocycles. The number of carbonyl (C=O) groups excluding carboxylic acids is 2. The Bertz CT molecular complexity index is 726. The predicted molar refractivity (Wildman–Crippen MR) is 124 cm³/mol. The second-order valence-corrected chi connectivity index (χ2v) is 7.99. The number of nitrogens with zero attached hydrogens (tertiary/aromatic N) is 1. The Morgan fingerprint density at radius 2 is 1.48 bits per heavy atom. The van der Waals surface area contributed by atoms with E-state index < -0.39 is 16.7 Å². The number of ether oxygens (including phenoxy) is 1. The SMILES string of the molecule is CCCCCCCCCCCCCCOC(=O)/C(=C/c1cccc([N+](=O)[O-])c1)C(C)=O. The van der Waals surface area contributed by atoms with Gasteiger partial charge in [-0.25, -0.2) is 4.79 Å². The van der Waals surface area contributed by atoms with E-state index in [1.165, 1.54) is 89.0 Å². The molecule has 0 aromatic heterocycles. The van der Waals surface area contributed by atoms with Crippen LogP contribution in [0.15, 0.2) is 29.8 Å². The van der Waals surface area contributed by atoms with E-state index in [1.54, 1.807) is 6.07 Å². The molecule has 0 saturated carbocycles. The van der Waals surface area contributed by atoms with Crippen LogP contribution in [0.3, 0.4) is 0 Å². The molecule has 0 N–H and O–H groups in total. The largest absolute Gasteiger partial charge is 0.462 e. The van der Waals surface area contributed by atoms with Crippen molar-refractivity contribution >= 4 is 23.5 Å². The van der Waals surface area contributed by atoms with Gasteiger partial charge in [0.2, 0.25) is 0 Å². The summed E-state index contributed by atoms with van der Waals surface area (Å²) in [7, 11) is 0. The van der Waals surface area contributed by atoms with Gasteiger partial charge in [0.25, 0.3) is 5.69 Å². The molecule has 1 rings (SSSR count). The number of esters is 1. The highest BCUT2D eigenvalue weighted by Gasteiger charge is 2.16. The lowest BCUT2D eigenvalue weighted by Gasteiger charge is -2.07. The molecule has 0 atom stereocenters. The van der Waals surface area contributed by atoms with Gasteiger partial charge in [-0.15, -0.1) is 0 Å². The van der Waals surface area contributed by atoms with Gasteiger partial charge in [0.05, 0.1) is 11.5 Å². The molecule has 0 aliphatic rings. The Balaban J connectivity index is 2.26. The molecule has 172 valence electrons. The summed E-state index contributed by atoms with van der Waals surface area (Å²) in [6.45, 7) is 3.80. The zero-order valence-corrected chi connectivity index (χ0v) is 19.1. The average molecular weight is 432 g/mol. The number of carbonyl (C=O) groups is 2. The van der Waals surface area contributed by atoms with Gasteiger partial charge in [0.15, 0.2) is 5.78 Å². The van der Waals surface area contributed by atoms with Crippen molar-refractivity contribution in [3.63, 3.8) is 0 Å². The summed E-state index contributed by atoms with van der Waals surface area (Å²) < 4.78 is 5.25. The molecule has 6 heteroatoms. The first-order chi connectivity index (χ1) is 15.0. The normalized spacial score (nSPS) is 11.4. The zero-order chi connectivity index (χ0) is 22.9. The second-order valence-electron chi connectivity index (χ2n) is 7.99. The fourth-order valence-corrected chi connectivity index (χ4v) is 3.38. The quantitative estimate of drug-likeness (QED) is 0.0514. The molecular weight excluding hydrogens is 394 g/mol. The monoisotopic (exact) mass is 431 g/mol. The summed E-state index contributed by atoms with van der Waals surface area (Å²) in [6, 6.07) is 5.80. The number of ketones is 1. The van der Waals surface area contributed by atoms with E-state index in [0.29, 0.717) is 5.56 Å². The highest BCUT2D eigenvalue weighted by Crippen LogP contribution is 2.17. The van der Waals surface area contributed by atoms with Gasteiger partial charge < -0.3 is 4.74 Å². The Hall–Kier alpha value is -2.50. The number of benzene rings is 1. The molecule has 0 heterocycles. The van der Waals surface area contributed by atoms with Crippen molar-refractivity contribution in [2.75, 3.05) is 6.61 Å². The average Bonchev–Trinajstić information content (AvgIpc) is 2.75. The molecule has 0 saturated heterocycles. The van der Waals surface area contributed by atoms with Crippen LogP contribution in [0.1, 0.15) is 96.5 Å². The van der Waals surface area contributed by atoms with Gasteiger partial charge in [-0.3, -0.25) is 14.9 Å². The van der Waals surface area contributed by atoms with Crippen LogP contribution in [0.5, 0.6) is 0 Å². The van der Waals surface area contributed by atoms with E-state index in [1.807, 2.05) is 0 Å². The molecule has 0 bridgehead atoms. The van der Waals surface area contributed by atoms with Crippen LogP contribution in [0.25, 0.3) is 6.08 Å². The summed E-state index contributed by atoms with van der Waals surface area (Å²) in [5.74, 6) is -1.10. The highest BCUT2D eigenvalue weighted by molar-refractivity contribution is 6.19. The van der Waals surface area contributed by atoms with Crippen LogP contribution in [0.2, 0.25) is 0 Å². The van der Waals surface area contributed by atoms with Crippen molar-refractivity contribution in [2.45, 2.75) is 90.9 Å². The maximum Gasteiger partial charge on any atom is 0.341 e. The summed E-state index contributed by atoms with van der Waals surface area (Å²) in [6.07, 6.45) is 16.0. The van der Waals surface area contributed by atoms with Gasteiger partial charge >= 0.3 is 5.97 Å². The second kappa shape index (κ2) is 16.2. The lowest BCUT2D eigenvalue weighted by atomic mass is 10.1. The summed E-state index contributed by atoms with van der Waals surface area (Å²) in [4.78, 5) is 34.5. The molecule has 0 unspecified atom stereocenters. The summed E-state index contributed by atoms with van der Waals surface area (Å²) >= 11 is 0. The number of rotatable bonds is 17. The molecule has 0 radical (unpaired) electrons. The predicted octanol–water partition coefficient (Wildman–Crippen LogP) is 6.81. The van der Waals surface area contributed by atoms with Crippen LogP contribution in [-0.4, -0.2) is 23.3 Å². The molecule has 0 aliphatic carbocycles. The Kier molecular flexibility index (Phi) is 13.9. The fourth-order valence-electron chi connectivity index (χ4n) is 3.38. The number of non-ortho nitro benzene ring substituents is 1. The van der Waals surface area contributed by atoms with Crippen LogP contribution >= 0.6 is 0 Å². The smallest absolute Gasteiger partial charge is 0.341 e. The minimum absolute atomic E-state index is 0.0958. The molecule has 0 aliphatic heterocycles. The molecule has 31 heavy (non-hydrogen) atoms. The Morgan fingerprint density at radius 3 is 2.00 bits per heavy atom. The molecular formula is C25H37NO5. The van der Waals surface area contributed by atoms with Crippen molar-refractivity contribution in [3.8, 4) is 0 Å². The molecule has 0 amide bonds. The number of unbranched alkanes of at least 4 members (excludes halogenated alkanes) is 11. The van der Waals surface area contributed by atoms with E-state index >= 15 is 0 Å². The number of Topliss-reactive ketones (excluding diaryl/α,β-unsaturated/α-hetero) is 1. The van der Waals surface area contributed by atoms with Crippen molar-refractivity contribution in [1.29, 1.82) is 0 Å². The topological polar surface area (TPSA) is 86.5 Å². The van der Waals surface area contributed by atoms with Crippen LogP contribution < -0.4 is 0 Å². The first-order valence-electron chi connectivity index (χ1n) is 11.6. The first-order valence-corrected chi connectivity index (χ1v) is 11.6. The lowest BCUT2D eigenvalue weighted by molar-refractivity contribution is -0.384. The van der Waals surface area contributed by atoms with Crippen LogP contribution in [0, 0.1) is 10.1 Å². The van der Waals surface area contributed by atoms with Crippen molar-refractivity contribution in [3.05, 3.63) is 45.5 Å². The van der Waals surface area contributed by atoms with Crippen molar-refractivity contribution < 1.29 is 19.2 Å². The number of nitro groups is 1. The Morgan fingerprint density at radius 1 is 0.935 bits per heavy atom. The summed E-state index contributed by atoms with van der Waals surface area (Å²) in [5, 5.41) is 10.9. The van der Waals surface area contributed by atoms with Gasteiger partial charge in [-0.1, -0.05) is 89.7 Å². The lowest BCUT2D eigenvalue weighted by Crippen LogP contribution is -2.14. The number of hydrogen-bond acceptors (Lipinski definition) is 5. The van der Waals surface area contributed by atoms with Gasteiger partial charge in [0, 0.05) is 12.1 Å². The fraction of sp³-hybridized carbons (Fsp3) is 0.600. The molecule has 0 fully saturated rings. The number of hydrogen-bond donors (Lipinski definition) is 0. The van der Waals surface area contributed by atoms with Crippen molar-refractivity contribution in [2.24, 2.45) is 0 Å². The van der Waals surface area contributed by atoms with E-state index in [2.05, 4.69) is 6.92 Å². The highest BCUT2D eigenvalue weighted by atomic mass is 16.6. The minimum Gasteiger partial charge on any atom is -0.462 e. The number of nitro benzene ring substituents is 1. The van der Waals surface area contributed by atoms with Gasteiger partial charge in [0.1, 0.15) is 5.57 Å². The van der Waals surface area contributed by atoms with E-state index in [4.69, 9.17) is 4.74 Å². The van der Waals surface area contributed by atoms with E-state index in [-0.39, 0.29) is 17.9 Å². The standard InChI is InChI=1S/C25H37NO5/c1-3-4-5-6-7-8-9-10-11-12-13-14-18-31-25(28)24(21(2)27)20-22-16-15-17-23(19-22)26(29)30/h15-17,19-20H,3-14,18H2,1-2H3/b24-20+. The summed E-state index contributed by atoms with van der Waals surface area (Å²) in [5.41, 5.74) is 0.225.